The Balaban J connectivity index is 3.41. The van der Waals surface area contributed by atoms with Crippen molar-refractivity contribution in [2.75, 3.05) is 6.54 Å². The van der Waals surface area contributed by atoms with Crippen LogP contribution in [-0.4, -0.2) is 26.0 Å². The summed E-state index contributed by atoms with van der Waals surface area (Å²) in [6, 6.07) is 0. The van der Waals surface area contributed by atoms with Crippen LogP contribution in [0.1, 0.15) is 84.0 Å². The lowest BCUT2D eigenvalue weighted by Crippen LogP contribution is -2.27. The van der Waals surface area contributed by atoms with E-state index in [0.29, 0.717) is 6.42 Å². The lowest BCUT2D eigenvalue weighted by atomic mass is 10.1. The molecule has 0 amide bonds. The smallest absolute Gasteiger partial charge is 0.318 e. The summed E-state index contributed by atoms with van der Waals surface area (Å²) in [5, 5.41) is 9.47. The van der Waals surface area contributed by atoms with Crippen LogP contribution in [-0.2, 0) is 14.8 Å². The van der Waals surface area contributed by atoms with Crippen LogP contribution in [0.15, 0.2) is 11.5 Å². The topological polar surface area (TPSA) is 83.5 Å². The van der Waals surface area contributed by atoms with Crippen molar-refractivity contribution in [1.82, 2.24) is 4.72 Å². The number of unbranched alkanes of at least 4 members (excludes halogenated alkanes) is 11. The van der Waals surface area contributed by atoms with Crippen molar-refractivity contribution < 1.29 is 18.3 Å². The van der Waals surface area contributed by atoms with Gasteiger partial charge in [-0.3, -0.25) is 4.79 Å². The molecule has 0 saturated heterocycles. The second-order valence-corrected chi connectivity index (χ2v) is 7.61. The van der Waals surface area contributed by atoms with Crippen molar-refractivity contribution in [3.63, 3.8) is 0 Å². The molecule has 0 radical (unpaired) electrons. The molecule has 0 aromatic carbocycles. The predicted octanol–water partition coefficient (Wildman–Crippen LogP) is 4.21. The van der Waals surface area contributed by atoms with Gasteiger partial charge in [-0.1, -0.05) is 77.2 Å². The molecule has 5 nitrogen and oxygen atoms in total. The van der Waals surface area contributed by atoms with E-state index < -0.39 is 22.5 Å². The standard InChI is InChI=1S/C17H33NO4S/c1-2-3-4-5-6-7-8-9-10-11-12-13-14-15-23(21,22)18-16-17(19)20/h14-15,18H,2-13,16H2,1H3,(H,19,20)/b15-14+. The Labute approximate surface area is 141 Å². The van der Waals surface area contributed by atoms with Gasteiger partial charge in [0.25, 0.3) is 0 Å². The van der Waals surface area contributed by atoms with Crippen molar-refractivity contribution in [1.29, 1.82) is 0 Å². The molecule has 6 heteroatoms. The van der Waals surface area contributed by atoms with E-state index in [1.54, 1.807) is 6.08 Å². The zero-order chi connectivity index (χ0) is 17.4. The molecule has 23 heavy (non-hydrogen) atoms. The van der Waals surface area contributed by atoms with E-state index in [4.69, 9.17) is 5.11 Å². The van der Waals surface area contributed by atoms with Crippen LogP contribution in [0.25, 0.3) is 0 Å². The summed E-state index contributed by atoms with van der Waals surface area (Å²) in [5.74, 6) is -1.19. The summed E-state index contributed by atoms with van der Waals surface area (Å²) in [6.45, 7) is 1.66. The molecule has 136 valence electrons. The van der Waals surface area contributed by atoms with E-state index in [1.165, 1.54) is 57.8 Å². The Hall–Kier alpha value is -0.880. The summed E-state index contributed by atoms with van der Waals surface area (Å²) in [7, 11) is -3.60. The first kappa shape index (κ1) is 22.1. The summed E-state index contributed by atoms with van der Waals surface area (Å²) in [4.78, 5) is 10.3. The highest BCUT2D eigenvalue weighted by Gasteiger charge is 2.06. The Kier molecular flexibility index (Phi) is 14.1. The van der Waals surface area contributed by atoms with Crippen molar-refractivity contribution in [3.05, 3.63) is 11.5 Å². The molecule has 0 aliphatic rings. The molecule has 0 bridgehead atoms. The number of nitrogens with one attached hydrogen (secondary N) is 1. The van der Waals surface area contributed by atoms with Gasteiger partial charge in [-0.2, -0.15) is 0 Å². The number of carbonyl (C=O) groups is 1. The summed E-state index contributed by atoms with van der Waals surface area (Å²) in [5.41, 5.74) is 0. The van der Waals surface area contributed by atoms with Gasteiger partial charge in [0.1, 0.15) is 6.54 Å². The lowest BCUT2D eigenvalue weighted by molar-refractivity contribution is -0.135. The van der Waals surface area contributed by atoms with Crippen molar-refractivity contribution >= 4 is 16.0 Å². The number of hydrogen-bond acceptors (Lipinski definition) is 3. The fourth-order valence-corrected chi connectivity index (χ4v) is 3.14. The SMILES string of the molecule is CCCCCCCCCCCCC/C=C/S(=O)(=O)NCC(=O)O. The molecule has 0 aliphatic carbocycles. The third-order valence-electron chi connectivity index (χ3n) is 3.67. The van der Waals surface area contributed by atoms with Gasteiger partial charge in [0.2, 0.25) is 10.0 Å². The lowest BCUT2D eigenvalue weighted by Gasteiger charge is -2.02. The second-order valence-electron chi connectivity index (χ2n) is 5.96. The monoisotopic (exact) mass is 347 g/mol. The quantitative estimate of drug-likeness (QED) is 0.410. The highest BCUT2D eigenvalue weighted by molar-refractivity contribution is 7.92. The average Bonchev–Trinajstić information content (AvgIpc) is 2.50. The van der Waals surface area contributed by atoms with Gasteiger partial charge < -0.3 is 5.11 Å². The van der Waals surface area contributed by atoms with Crippen LogP contribution < -0.4 is 4.72 Å². The number of aliphatic carboxylic acids is 1. The Bertz CT molecular complexity index is 418. The number of hydrogen-bond donors (Lipinski definition) is 2. The fraction of sp³-hybridized carbons (Fsp3) is 0.824. The molecule has 0 aliphatic heterocycles. The highest BCUT2D eigenvalue weighted by Crippen LogP contribution is 2.12. The molecule has 0 unspecified atom stereocenters. The van der Waals surface area contributed by atoms with E-state index in [1.807, 2.05) is 4.72 Å². The fourth-order valence-electron chi connectivity index (χ4n) is 2.33. The third kappa shape index (κ3) is 17.3. The van der Waals surface area contributed by atoms with Crippen LogP contribution >= 0.6 is 0 Å². The molecule has 0 rings (SSSR count). The van der Waals surface area contributed by atoms with Crippen molar-refractivity contribution in [2.45, 2.75) is 84.0 Å². The first-order chi connectivity index (χ1) is 11.0. The summed E-state index contributed by atoms with van der Waals surface area (Å²) < 4.78 is 24.7. The number of rotatable bonds is 16. The minimum absolute atomic E-state index is 0.578. The summed E-state index contributed by atoms with van der Waals surface area (Å²) in [6.07, 6.45) is 16.2. The van der Waals surface area contributed by atoms with Gasteiger partial charge in [-0.25, -0.2) is 13.1 Å². The number of sulfonamides is 1. The molecule has 0 heterocycles. The van der Waals surface area contributed by atoms with Crippen molar-refractivity contribution in [2.24, 2.45) is 0 Å². The zero-order valence-corrected chi connectivity index (χ0v) is 15.2. The Morgan fingerprint density at radius 1 is 0.913 bits per heavy atom. The molecule has 0 atom stereocenters. The van der Waals surface area contributed by atoms with Gasteiger partial charge in [-0.05, 0) is 12.8 Å². The summed E-state index contributed by atoms with van der Waals surface area (Å²) >= 11 is 0. The molecule has 2 N–H and O–H groups in total. The van der Waals surface area contributed by atoms with Crippen molar-refractivity contribution in [3.8, 4) is 0 Å². The molecule has 0 aromatic rings. The van der Waals surface area contributed by atoms with Gasteiger partial charge in [0, 0.05) is 5.41 Å². The zero-order valence-electron chi connectivity index (χ0n) is 14.4. The third-order valence-corrected chi connectivity index (χ3v) is 4.77. The minimum Gasteiger partial charge on any atom is -0.480 e. The number of carboxylic acid groups (broad SMARTS) is 1. The van der Waals surface area contributed by atoms with Gasteiger partial charge >= 0.3 is 5.97 Å². The van der Waals surface area contributed by atoms with Crippen LogP contribution in [0.5, 0.6) is 0 Å². The van der Waals surface area contributed by atoms with E-state index in [2.05, 4.69) is 6.92 Å². The molecule has 0 spiro atoms. The van der Waals surface area contributed by atoms with Crippen LogP contribution in [0.2, 0.25) is 0 Å². The predicted molar refractivity (Wildman–Crippen MR) is 94.8 cm³/mol. The maximum atomic E-state index is 11.4. The largest absolute Gasteiger partial charge is 0.480 e. The molecule has 0 fully saturated rings. The second kappa shape index (κ2) is 14.7. The van der Waals surface area contributed by atoms with E-state index in [-0.39, 0.29) is 0 Å². The Morgan fingerprint density at radius 3 is 1.87 bits per heavy atom. The van der Waals surface area contributed by atoms with Crippen LogP contribution in [0.3, 0.4) is 0 Å². The van der Waals surface area contributed by atoms with E-state index in [0.717, 1.165) is 18.2 Å². The van der Waals surface area contributed by atoms with Crippen LogP contribution in [0.4, 0.5) is 0 Å². The minimum atomic E-state index is -3.60. The molecule has 0 aromatic heterocycles. The molecule has 0 saturated carbocycles. The average molecular weight is 348 g/mol. The first-order valence-corrected chi connectivity index (χ1v) is 10.4. The maximum absolute atomic E-state index is 11.4. The van der Waals surface area contributed by atoms with Gasteiger partial charge in [0.15, 0.2) is 0 Å². The number of carboxylic acids is 1. The first-order valence-electron chi connectivity index (χ1n) is 8.86. The highest BCUT2D eigenvalue weighted by atomic mass is 32.2. The Morgan fingerprint density at radius 2 is 1.39 bits per heavy atom. The van der Waals surface area contributed by atoms with Gasteiger partial charge in [0.05, 0.1) is 0 Å². The van der Waals surface area contributed by atoms with Crippen LogP contribution in [0, 0.1) is 0 Å². The van der Waals surface area contributed by atoms with Gasteiger partial charge in [-0.15, -0.1) is 0 Å². The van der Waals surface area contributed by atoms with E-state index >= 15 is 0 Å². The normalized spacial score (nSPS) is 12.0. The van der Waals surface area contributed by atoms with E-state index in [9.17, 15) is 13.2 Å². The maximum Gasteiger partial charge on any atom is 0.318 e. The number of allylic oxidation sites excluding steroid dienone is 1. The molecular weight excluding hydrogens is 314 g/mol. The molecular formula is C17H33NO4S.